The van der Waals surface area contributed by atoms with Crippen LogP contribution < -0.4 is 16.4 Å². The van der Waals surface area contributed by atoms with E-state index in [0.29, 0.717) is 47.0 Å². The molecule has 0 aliphatic carbocycles. The second-order valence-electron chi connectivity index (χ2n) is 9.35. The number of pyridine rings is 1. The minimum absolute atomic E-state index is 0.292. The lowest BCUT2D eigenvalue weighted by molar-refractivity contribution is 0.396. The summed E-state index contributed by atoms with van der Waals surface area (Å²) >= 11 is 0. The topological polar surface area (TPSA) is 136 Å². The Kier molecular flexibility index (Phi) is 5.78. The van der Waals surface area contributed by atoms with Crippen LogP contribution in [0.4, 0.5) is 20.3 Å². The van der Waals surface area contributed by atoms with E-state index in [-0.39, 0.29) is 0 Å². The zero-order chi connectivity index (χ0) is 26.3. The Morgan fingerprint density at radius 1 is 1.00 bits per heavy atom. The largest absolute Gasteiger partial charge is 0.399 e. The molecule has 4 N–H and O–H groups in total. The average molecular weight is 515 g/mol. The Balaban J connectivity index is 1.44. The van der Waals surface area contributed by atoms with Gasteiger partial charge in [-0.05, 0) is 42.7 Å². The highest BCUT2D eigenvalue weighted by Gasteiger charge is 2.38. The molecule has 0 bridgehead atoms. The molecule has 0 amide bonds. The molecule has 38 heavy (non-hydrogen) atoms. The Hall–Kier alpha value is -4.74. The van der Waals surface area contributed by atoms with Gasteiger partial charge in [0, 0.05) is 37.3 Å². The fourth-order valence-electron chi connectivity index (χ4n) is 5.03. The third kappa shape index (κ3) is 4.13. The number of fused-ring (bicyclic) bond motifs is 1. The first kappa shape index (κ1) is 23.6. The second kappa shape index (κ2) is 9.29. The van der Waals surface area contributed by atoms with Crippen molar-refractivity contribution in [2.24, 2.45) is 15.7 Å². The number of nitrogen functional groups attached to an aromatic ring is 1. The maximum atomic E-state index is 14.0. The summed E-state index contributed by atoms with van der Waals surface area (Å²) in [5, 5.41) is 0. The van der Waals surface area contributed by atoms with Crippen molar-refractivity contribution in [3.63, 3.8) is 0 Å². The number of rotatable bonds is 4. The molecule has 4 aromatic rings. The molecule has 6 rings (SSSR count). The molecule has 10 nitrogen and oxygen atoms in total. The molecule has 5 heterocycles. The number of hydrogen-bond acceptors (Lipinski definition) is 9. The van der Waals surface area contributed by atoms with Gasteiger partial charge in [0.25, 0.3) is 0 Å². The van der Waals surface area contributed by atoms with E-state index >= 15 is 0 Å². The van der Waals surface area contributed by atoms with Gasteiger partial charge in [-0.3, -0.25) is 15.0 Å². The van der Waals surface area contributed by atoms with Gasteiger partial charge in [-0.2, -0.15) is 0 Å². The lowest BCUT2D eigenvalue weighted by Crippen LogP contribution is -2.50. The van der Waals surface area contributed by atoms with Crippen LogP contribution >= 0.6 is 0 Å². The van der Waals surface area contributed by atoms with Gasteiger partial charge >= 0.3 is 0 Å². The number of nitrogens with two attached hydrogens (primary N) is 2. The molecular weight excluding hydrogens is 490 g/mol. The maximum Gasteiger partial charge on any atom is 0.165 e. The van der Waals surface area contributed by atoms with Crippen LogP contribution in [-0.2, 0) is 6.54 Å². The summed E-state index contributed by atoms with van der Waals surface area (Å²) in [4.78, 5) is 28.5. The Labute approximate surface area is 216 Å². The van der Waals surface area contributed by atoms with E-state index in [2.05, 4.69) is 29.8 Å². The highest BCUT2D eigenvalue weighted by Crippen LogP contribution is 2.36. The number of aromatic nitrogens is 5. The zero-order valence-electron chi connectivity index (χ0n) is 20.3. The minimum Gasteiger partial charge on any atom is -0.399 e. The summed E-state index contributed by atoms with van der Waals surface area (Å²) in [5.74, 6) is -1.55. The lowest BCUT2D eigenvalue weighted by Gasteiger charge is -2.41. The molecule has 1 atom stereocenters. The fourth-order valence-corrected chi connectivity index (χ4v) is 5.03. The highest BCUT2D eigenvalue weighted by molar-refractivity contribution is 6.16. The number of anilines is 2. The number of piperidine rings is 1. The summed E-state index contributed by atoms with van der Waals surface area (Å²) in [7, 11) is 0. The summed E-state index contributed by atoms with van der Waals surface area (Å²) < 4.78 is 29.5. The van der Waals surface area contributed by atoms with E-state index in [4.69, 9.17) is 16.5 Å². The molecule has 0 radical (unpaired) electrons. The van der Waals surface area contributed by atoms with Gasteiger partial charge in [0.2, 0.25) is 0 Å². The fraction of sp³-hybridized carbons (Fsp3) is 0.231. The van der Waals surface area contributed by atoms with Crippen LogP contribution in [0.25, 0.3) is 22.4 Å². The van der Waals surface area contributed by atoms with E-state index < -0.39 is 17.2 Å². The molecule has 1 spiro atoms. The third-order valence-electron chi connectivity index (χ3n) is 6.99. The van der Waals surface area contributed by atoms with Gasteiger partial charge in [0.05, 0.1) is 36.1 Å². The van der Waals surface area contributed by atoms with E-state index in [0.717, 1.165) is 42.8 Å². The van der Waals surface area contributed by atoms with E-state index in [9.17, 15) is 8.78 Å². The Morgan fingerprint density at radius 2 is 1.89 bits per heavy atom. The zero-order valence-corrected chi connectivity index (χ0v) is 20.3. The quantitative estimate of drug-likeness (QED) is 0.427. The van der Waals surface area contributed by atoms with Crippen molar-refractivity contribution in [1.29, 1.82) is 0 Å². The summed E-state index contributed by atoms with van der Waals surface area (Å²) in [6, 6.07) is 5.62. The predicted molar refractivity (Wildman–Crippen MR) is 142 cm³/mol. The number of hydrogen-bond donors (Lipinski definition) is 2. The van der Waals surface area contributed by atoms with E-state index in [1.807, 2.05) is 10.6 Å². The molecule has 12 heteroatoms. The maximum absolute atomic E-state index is 14.0. The van der Waals surface area contributed by atoms with Gasteiger partial charge in [-0.1, -0.05) is 0 Å². The van der Waals surface area contributed by atoms with Crippen molar-refractivity contribution < 1.29 is 8.78 Å². The number of aliphatic imine (C=N–C) groups is 2. The van der Waals surface area contributed by atoms with Crippen LogP contribution in [0.2, 0.25) is 0 Å². The molecule has 2 aliphatic heterocycles. The van der Waals surface area contributed by atoms with Crippen molar-refractivity contribution >= 4 is 35.1 Å². The van der Waals surface area contributed by atoms with Crippen LogP contribution in [0.15, 0.2) is 65.0 Å². The van der Waals surface area contributed by atoms with Crippen molar-refractivity contribution in [1.82, 2.24) is 24.5 Å². The summed E-state index contributed by atoms with van der Waals surface area (Å²) in [6.07, 6.45) is 11.4. The molecule has 1 unspecified atom stereocenters. The molecule has 192 valence electrons. The predicted octanol–water partition coefficient (Wildman–Crippen LogP) is 3.09. The first-order valence-electron chi connectivity index (χ1n) is 12.1. The second-order valence-corrected chi connectivity index (χ2v) is 9.35. The van der Waals surface area contributed by atoms with Gasteiger partial charge in [-0.15, -0.1) is 0 Å². The van der Waals surface area contributed by atoms with Gasteiger partial charge < -0.3 is 20.9 Å². The number of benzene rings is 1. The molecule has 1 aromatic carbocycles. The summed E-state index contributed by atoms with van der Waals surface area (Å²) in [5.41, 5.74) is 16.2. The van der Waals surface area contributed by atoms with Crippen LogP contribution in [0.5, 0.6) is 0 Å². The monoisotopic (exact) mass is 514 g/mol. The van der Waals surface area contributed by atoms with Crippen molar-refractivity contribution in [2.45, 2.75) is 24.9 Å². The Morgan fingerprint density at radius 3 is 2.76 bits per heavy atom. The van der Waals surface area contributed by atoms with Crippen molar-refractivity contribution in [3.05, 3.63) is 72.2 Å². The summed E-state index contributed by atoms with van der Waals surface area (Å²) in [6.45, 7) is 1.68. The van der Waals surface area contributed by atoms with Crippen LogP contribution in [-0.4, -0.2) is 55.6 Å². The van der Waals surface area contributed by atoms with Gasteiger partial charge in [0.1, 0.15) is 17.4 Å². The average Bonchev–Trinajstić information content (AvgIpc) is 3.25. The van der Waals surface area contributed by atoms with Crippen LogP contribution in [0.3, 0.4) is 0 Å². The van der Waals surface area contributed by atoms with E-state index in [1.165, 1.54) is 12.4 Å². The molecule has 2 aliphatic rings. The van der Waals surface area contributed by atoms with Gasteiger partial charge in [0.15, 0.2) is 23.1 Å². The number of imidazole rings is 1. The lowest BCUT2D eigenvalue weighted by atomic mass is 9.86. The third-order valence-corrected chi connectivity index (χ3v) is 6.99. The first-order chi connectivity index (χ1) is 18.4. The van der Waals surface area contributed by atoms with Crippen molar-refractivity contribution in [3.8, 4) is 11.3 Å². The first-order valence-corrected chi connectivity index (χ1v) is 12.1. The highest BCUT2D eigenvalue weighted by atomic mass is 19.2. The smallest absolute Gasteiger partial charge is 0.165 e. The minimum atomic E-state index is -0.934. The van der Waals surface area contributed by atoms with Gasteiger partial charge in [-0.25, -0.2) is 23.7 Å². The molecule has 1 saturated heterocycles. The van der Waals surface area contributed by atoms with Crippen molar-refractivity contribution in [2.75, 3.05) is 23.7 Å². The molecule has 0 saturated carbocycles. The van der Waals surface area contributed by atoms with Crippen LogP contribution in [0.1, 0.15) is 18.4 Å². The molecular formula is C26H24F2N10. The molecule has 1 fully saturated rings. The number of nitrogens with zero attached hydrogens (tertiary/aromatic N) is 8. The number of halogens is 2. The normalized spacial score (nSPS) is 19.2. The Bertz CT molecular complexity index is 1630. The van der Waals surface area contributed by atoms with E-state index in [1.54, 1.807) is 31.2 Å². The SMILES string of the molecule is NC1=CN=CC=NC12CCCN(c1cnc(-c3ccc(F)c(F)c3)cc1Cn1cnc3c(N)ncnc31)C2. The molecule has 3 aromatic heterocycles. The standard InChI is InChI=1S/C26H24F2N10/c27-18-3-2-16(8-19(18)28)20-9-17(12-38-15-35-23-24(30)33-14-34-25(23)38)21(10-32-20)37-7-1-4-26(13-37)22(29)11-31-5-6-36-26/h2-3,5-6,8-11,14-15H,1,4,7,12-13,29H2,(H2,30,33,34). The van der Waals surface area contributed by atoms with Crippen LogP contribution in [0, 0.1) is 11.6 Å².